The van der Waals surface area contributed by atoms with E-state index < -0.39 is 32.5 Å². The fourth-order valence-electron chi connectivity index (χ4n) is 4.57. The number of quaternary nitrogens is 1. The van der Waals surface area contributed by atoms with Crippen LogP contribution in [0.25, 0.3) is 0 Å². The Hall–Kier alpha value is -4.11. The van der Waals surface area contributed by atoms with E-state index in [1.165, 1.54) is 12.8 Å². The zero-order chi connectivity index (χ0) is 44.3. The van der Waals surface area contributed by atoms with Crippen LogP contribution in [0.1, 0.15) is 104 Å². The first-order valence-corrected chi connectivity index (χ1v) is 23.0. The van der Waals surface area contributed by atoms with Crippen molar-refractivity contribution in [3.8, 4) is 0 Å². The Labute approximate surface area is 363 Å². The zero-order valence-electron chi connectivity index (χ0n) is 37.3. The van der Waals surface area contributed by atoms with Gasteiger partial charge in [-0.15, -0.1) is 0 Å². The molecule has 0 fully saturated rings. The van der Waals surface area contributed by atoms with Gasteiger partial charge < -0.3 is 27.9 Å². The number of ether oxygens (including phenoxy) is 2. The third-order valence-electron chi connectivity index (χ3n) is 7.92. The third-order valence-corrected chi connectivity index (χ3v) is 8.88. The van der Waals surface area contributed by atoms with E-state index in [4.69, 9.17) is 18.5 Å². The van der Waals surface area contributed by atoms with E-state index in [1.54, 1.807) is 12.2 Å². The summed E-state index contributed by atoms with van der Waals surface area (Å²) in [6, 6.07) is 0. The van der Waals surface area contributed by atoms with Gasteiger partial charge in [0.05, 0.1) is 40.6 Å². The van der Waals surface area contributed by atoms with Gasteiger partial charge in [0.15, 0.2) is 6.10 Å². The van der Waals surface area contributed by atoms with Crippen LogP contribution in [0.4, 0.5) is 0 Å². The maximum absolute atomic E-state index is 12.6. The molecule has 0 spiro atoms. The summed E-state index contributed by atoms with van der Waals surface area (Å²) in [6.45, 7) is 3.79. The molecule has 2 atom stereocenters. The molecule has 0 aromatic rings. The van der Waals surface area contributed by atoms with E-state index >= 15 is 0 Å². The number of carbonyl (C=O) groups excluding carboxylic acids is 2. The molecular weight excluding hydrogens is 774 g/mol. The van der Waals surface area contributed by atoms with Gasteiger partial charge in [0.25, 0.3) is 7.82 Å². The van der Waals surface area contributed by atoms with E-state index in [9.17, 15) is 19.0 Å². The minimum atomic E-state index is -4.68. The second-order valence-corrected chi connectivity index (χ2v) is 16.2. The fraction of sp³-hybridized carbons (Fsp3) is 0.480. The highest BCUT2D eigenvalue weighted by atomic mass is 31.2. The largest absolute Gasteiger partial charge is 0.756 e. The zero-order valence-corrected chi connectivity index (χ0v) is 38.2. The maximum Gasteiger partial charge on any atom is 0.310 e. The second kappa shape index (κ2) is 40.3. The van der Waals surface area contributed by atoms with Crippen LogP contribution in [0.15, 0.2) is 146 Å². The molecule has 0 aromatic heterocycles. The number of allylic oxidation sites excluding steroid dienone is 22. The van der Waals surface area contributed by atoms with Gasteiger partial charge in [0.2, 0.25) is 0 Å². The normalized spacial score (nSPS) is 15.0. The SMILES string of the molecule is CCC/C=C/C=C/C/C=C/C/C=C/C/C=C\C/C=C/CC(=O)OC(COC(=O)C/C=C/C/C=C/C/C=C/C/C=C/C/C=C/C=C/CCC)COP(=O)([O-])OCC[N+](C)(C)C. The predicted octanol–water partition coefficient (Wildman–Crippen LogP) is 11.8. The lowest BCUT2D eigenvalue weighted by Gasteiger charge is -2.28. The van der Waals surface area contributed by atoms with Gasteiger partial charge in [-0.05, 0) is 64.2 Å². The third kappa shape index (κ3) is 43.5. The topological polar surface area (TPSA) is 111 Å². The van der Waals surface area contributed by atoms with E-state index in [1.807, 2.05) is 45.4 Å². The molecule has 0 saturated carbocycles. The average molecular weight is 850 g/mol. The molecule has 334 valence electrons. The molecule has 0 radical (unpaired) electrons. The van der Waals surface area contributed by atoms with Crippen molar-refractivity contribution in [3.63, 3.8) is 0 Å². The van der Waals surface area contributed by atoms with E-state index in [0.29, 0.717) is 23.9 Å². The average Bonchev–Trinajstić information content (AvgIpc) is 3.20. The summed E-state index contributed by atoms with van der Waals surface area (Å²) in [7, 11) is 1.03. The summed E-state index contributed by atoms with van der Waals surface area (Å²) in [4.78, 5) is 37.4. The number of nitrogens with zero attached hydrogens (tertiary/aromatic N) is 1. The van der Waals surface area contributed by atoms with Crippen molar-refractivity contribution in [2.75, 3.05) is 47.5 Å². The fourth-order valence-corrected chi connectivity index (χ4v) is 5.29. The highest BCUT2D eigenvalue weighted by molar-refractivity contribution is 7.45. The molecule has 0 aliphatic heterocycles. The van der Waals surface area contributed by atoms with E-state index in [0.717, 1.165) is 51.4 Å². The number of hydrogen-bond donors (Lipinski definition) is 0. The van der Waals surface area contributed by atoms with Crippen molar-refractivity contribution in [1.29, 1.82) is 0 Å². The monoisotopic (exact) mass is 850 g/mol. The molecule has 0 heterocycles. The van der Waals surface area contributed by atoms with Crippen LogP contribution in [0.2, 0.25) is 0 Å². The summed E-state index contributed by atoms with van der Waals surface area (Å²) in [6.07, 6.45) is 59.3. The van der Waals surface area contributed by atoms with Crippen LogP contribution in [-0.4, -0.2) is 70.0 Å². The molecule has 10 heteroatoms. The van der Waals surface area contributed by atoms with Crippen molar-refractivity contribution in [2.45, 2.75) is 110 Å². The van der Waals surface area contributed by atoms with Gasteiger partial charge in [-0.25, -0.2) is 0 Å². The Morgan fingerprint density at radius 3 is 1.28 bits per heavy atom. The second-order valence-electron chi connectivity index (χ2n) is 14.7. The van der Waals surface area contributed by atoms with Crippen molar-refractivity contribution in [1.82, 2.24) is 0 Å². The number of carbonyl (C=O) groups is 2. The van der Waals surface area contributed by atoms with Crippen LogP contribution in [0.5, 0.6) is 0 Å². The summed E-state index contributed by atoms with van der Waals surface area (Å²) in [5.74, 6) is -1.15. The number of likely N-dealkylation sites (N-methyl/N-ethyl adjacent to an activating group) is 1. The van der Waals surface area contributed by atoms with Crippen molar-refractivity contribution in [2.24, 2.45) is 0 Å². The van der Waals surface area contributed by atoms with Gasteiger partial charge in [-0.2, -0.15) is 0 Å². The van der Waals surface area contributed by atoms with Crippen molar-refractivity contribution < 1.29 is 42.1 Å². The molecule has 0 aliphatic rings. The lowest BCUT2D eigenvalue weighted by molar-refractivity contribution is -0.870. The van der Waals surface area contributed by atoms with Crippen LogP contribution < -0.4 is 4.89 Å². The Balaban J connectivity index is 4.71. The first-order chi connectivity index (χ1) is 29.0. The summed E-state index contributed by atoms with van der Waals surface area (Å²) in [5.41, 5.74) is 0. The van der Waals surface area contributed by atoms with Crippen LogP contribution in [-0.2, 0) is 32.7 Å². The molecule has 0 aliphatic carbocycles. The molecule has 0 rings (SSSR count). The predicted molar refractivity (Wildman–Crippen MR) is 249 cm³/mol. The summed E-state index contributed by atoms with van der Waals surface area (Å²) >= 11 is 0. The Kier molecular flexibility index (Phi) is 37.5. The standard InChI is InChI=1S/C50H76NO8P/c1-6-8-10-12-14-16-18-20-22-24-26-28-30-32-34-36-38-40-42-49(52)56-46-48(47-58-60(54,55)57-45-44-51(3,4)5)59-50(53)43-41-39-37-35-33-31-29-27-25-23-21-19-17-15-13-11-9-7-2/h10-17,20-23,26-29,32-35,38-41,48H,6-9,18-19,24-25,30-31,36-37,42-47H2,1-5H3/b12-10+,13-11+,16-14+,17-15+,22-20+,23-21+,28-26+,29-27+,34-32+,35-33-,40-38+,41-39+. The van der Waals surface area contributed by atoms with E-state index in [-0.39, 0.29) is 26.1 Å². The van der Waals surface area contributed by atoms with Crippen LogP contribution >= 0.6 is 7.82 Å². The molecule has 60 heavy (non-hydrogen) atoms. The molecular formula is C50H76NO8P. The Bertz CT molecular complexity index is 1520. The smallest absolute Gasteiger partial charge is 0.310 e. The molecule has 2 unspecified atom stereocenters. The highest BCUT2D eigenvalue weighted by Gasteiger charge is 2.21. The molecule has 0 N–H and O–H groups in total. The maximum atomic E-state index is 12.6. The number of phosphoric ester groups is 1. The molecule has 0 bridgehead atoms. The van der Waals surface area contributed by atoms with Gasteiger partial charge in [0, 0.05) is 0 Å². The first-order valence-electron chi connectivity index (χ1n) is 21.6. The number of rotatable bonds is 36. The van der Waals surface area contributed by atoms with E-state index in [2.05, 4.69) is 123 Å². The van der Waals surface area contributed by atoms with Crippen LogP contribution in [0, 0.1) is 0 Å². The Morgan fingerprint density at radius 1 is 0.517 bits per heavy atom. The number of hydrogen-bond acceptors (Lipinski definition) is 8. The van der Waals surface area contributed by atoms with Crippen molar-refractivity contribution >= 4 is 19.8 Å². The number of unbranched alkanes of at least 4 members (excludes halogenated alkanes) is 2. The Morgan fingerprint density at radius 2 is 0.883 bits per heavy atom. The van der Waals surface area contributed by atoms with Gasteiger partial charge >= 0.3 is 11.9 Å². The number of phosphoric acid groups is 1. The lowest BCUT2D eigenvalue weighted by atomic mass is 10.2. The minimum Gasteiger partial charge on any atom is -0.756 e. The summed E-state index contributed by atoms with van der Waals surface area (Å²) in [5, 5.41) is 0. The number of esters is 2. The van der Waals surface area contributed by atoms with Crippen molar-refractivity contribution in [3.05, 3.63) is 146 Å². The molecule has 0 saturated heterocycles. The molecule has 0 amide bonds. The minimum absolute atomic E-state index is 0.0123. The lowest BCUT2D eigenvalue weighted by Crippen LogP contribution is -2.37. The van der Waals surface area contributed by atoms with Crippen LogP contribution in [0.3, 0.4) is 0 Å². The van der Waals surface area contributed by atoms with Gasteiger partial charge in [-0.1, -0.05) is 173 Å². The van der Waals surface area contributed by atoms with Gasteiger partial charge in [0.1, 0.15) is 19.8 Å². The molecule has 0 aromatic carbocycles. The highest BCUT2D eigenvalue weighted by Crippen LogP contribution is 2.38. The quantitative estimate of drug-likeness (QED) is 0.0201. The first kappa shape index (κ1) is 55.9. The van der Waals surface area contributed by atoms with Gasteiger partial charge in [-0.3, -0.25) is 14.2 Å². The summed E-state index contributed by atoms with van der Waals surface area (Å²) < 4.78 is 33.6. The molecule has 9 nitrogen and oxygen atoms in total.